The average Bonchev–Trinajstić information content (AvgIpc) is 3.60. The van der Waals surface area contributed by atoms with Gasteiger partial charge in [0.1, 0.15) is 11.7 Å². The average molecular weight is 494 g/mol. The Balaban J connectivity index is 1.26. The summed E-state index contributed by atoms with van der Waals surface area (Å²) in [5, 5.41) is 3.38. The van der Waals surface area contributed by atoms with Crippen LogP contribution in [0.1, 0.15) is 44.0 Å². The quantitative estimate of drug-likeness (QED) is 0.541. The Hall–Kier alpha value is -3.53. The zero-order valence-corrected chi connectivity index (χ0v) is 20.3. The maximum Gasteiger partial charge on any atom is 0.283 e. The molecule has 0 bridgehead atoms. The van der Waals surface area contributed by atoms with E-state index in [0.29, 0.717) is 41.1 Å². The van der Waals surface area contributed by atoms with Crippen LogP contribution in [0.25, 0.3) is 10.9 Å². The molecule has 2 aliphatic rings. The van der Waals surface area contributed by atoms with Crippen molar-refractivity contribution in [2.24, 2.45) is 4.40 Å². The van der Waals surface area contributed by atoms with Crippen molar-refractivity contribution in [1.29, 1.82) is 0 Å². The number of carbonyl (C=O) groups is 1. The first-order valence-corrected chi connectivity index (χ1v) is 13.2. The van der Waals surface area contributed by atoms with Gasteiger partial charge >= 0.3 is 0 Å². The van der Waals surface area contributed by atoms with Crippen molar-refractivity contribution in [2.75, 3.05) is 18.9 Å². The van der Waals surface area contributed by atoms with Gasteiger partial charge in [-0.1, -0.05) is 12.1 Å². The lowest BCUT2D eigenvalue weighted by molar-refractivity contribution is -0.116. The summed E-state index contributed by atoms with van der Waals surface area (Å²) in [5.74, 6) is 0.941. The zero-order chi connectivity index (χ0) is 24.6. The first-order chi connectivity index (χ1) is 16.8. The van der Waals surface area contributed by atoms with E-state index in [1.54, 1.807) is 22.8 Å². The molecule has 182 valence electrons. The van der Waals surface area contributed by atoms with E-state index in [1.807, 2.05) is 30.1 Å². The first kappa shape index (κ1) is 23.2. The summed E-state index contributed by atoms with van der Waals surface area (Å²) in [7, 11) is -1.97. The molecule has 0 spiro atoms. The second-order valence-electron chi connectivity index (χ2n) is 9.03. The van der Waals surface area contributed by atoms with Crippen LogP contribution in [0.15, 0.2) is 62.6 Å². The van der Waals surface area contributed by atoms with Gasteiger partial charge in [0.15, 0.2) is 0 Å². The summed E-state index contributed by atoms with van der Waals surface area (Å²) < 4.78 is 30.9. The normalized spacial score (nSPS) is 17.3. The Labute approximate surface area is 203 Å². The van der Waals surface area contributed by atoms with Gasteiger partial charge in [0.2, 0.25) is 5.91 Å². The summed E-state index contributed by atoms with van der Waals surface area (Å²) in [5.41, 5.74) is 1.07. The molecule has 3 aromatic rings. The standard InChI is InChI=1S/C25H27N5O4S/c1-29-16-4-7-23(29)28-35(33,34)19-12-8-17(9-13-19)26-24(31)15-14-22-27-21-6-3-2-5-20(21)25(32)30(22)18-10-11-18/h2-3,5-6,8-9,12-13,18H,4,7,10-11,14-16H2,1H3,(H,26,31)/b28-23+. The van der Waals surface area contributed by atoms with Crippen molar-refractivity contribution in [3.8, 4) is 0 Å². The molecule has 35 heavy (non-hydrogen) atoms. The Bertz CT molecular complexity index is 1470. The number of carbonyl (C=O) groups excluding carboxylic acids is 1. The van der Waals surface area contributed by atoms with Gasteiger partial charge in [-0.3, -0.25) is 14.2 Å². The van der Waals surface area contributed by atoms with E-state index in [1.165, 1.54) is 12.1 Å². The fourth-order valence-corrected chi connectivity index (χ4v) is 5.43. The molecule has 1 aliphatic carbocycles. The first-order valence-electron chi connectivity index (χ1n) is 11.8. The Morgan fingerprint density at radius 3 is 2.57 bits per heavy atom. The highest BCUT2D eigenvalue weighted by molar-refractivity contribution is 7.90. The van der Waals surface area contributed by atoms with Gasteiger partial charge in [-0.25, -0.2) is 4.98 Å². The Morgan fingerprint density at radius 2 is 1.89 bits per heavy atom. The Kier molecular flexibility index (Phi) is 6.14. The molecule has 1 aromatic heterocycles. The van der Waals surface area contributed by atoms with Gasteiger partial charge in [-0.2, -0.15) is 8.42 Å². The molecule has 1 amide bonds. The smallest absolute Gasteiger partial charge is 0.283 e. The molecule has 10 heteroatoms. The van der Waals surface area contributed by atoms with Gasteiger partial charge in [0.05, 0.1) is 15.8 Å². The van der Waals surface area contributed by atoms with E-state index in [9.17, 15) is 18.0 Å². The highest BCUT2D eigenvalue weighted by atomic mass is 32.2. The number of nitrogens with zero attached hydrogens (tertiary/aromatic N) is 4. The molecule has 1 saturated heterocycles. The monoisotopic (exact) mass is 493 g/mol. The van der Waals surface area contributed by atoms with E-state index >= 15 is 0 Å². The lowest BCUT2D eigenvalue weighted by atomic mass is 10.2. The molecule has 0 unspecified atom stereocenters. The van der Waals surface area contributed by atoms with Crippen molar-refractivity contribution in [3.05, 3.63) is 64.7 Å². The SMILES string of the molecule is CN1CCC/C1=N\S(=O)(=O)c1ccc(NC(=O)CCc2nc3ccccc3c(=O)n2C2CC2)cc1. The predicted octanol–water partition coefficient (Wildman–Crippen LogP) is 3.12. The number of aryl methyl sites for hydroxylation is 1. The number of fused-ring (bicyclic) bond motifs is 1. The highest BCUT2D eigenvalue weighted by Crippen LogP contribution is 2.35. The fourth-order valence-electron chi connectivity index (χ4n) is 4.34. The van der Waals surface area contributed by atoms with Crippen molar-refractivity contribution >= 4 is 38.4 Å². The summed E-state index contributed by atoms with van der Waals surface area (Å²) >= 11 is 0. The van der Waals surface area contributed by atoms with Gasteiger partial charge in [0, 0.05) is 44.6 Å². The molecule has 2 aromatic carbocycles. The lowest BCUT2D eigenvalue weighted by Gasteiger charge is -2.13. The predicted molar refractivity (Wildman–Crippen MR) is 134 cm³/mol. The summed E-state index contributed by atoms with van der Waals surface area (Å²) in [6, 6.07) is 13.4. The number of rotatable bonds is 7. The number of likely N-dealkylation sites (tertiary alicyclic amines) is 1. The number of sulfonamides is 1. The number of benzene rings is 2. The third-order valence-corrected chi connectivity index (χ3v) is 7.68. The molecule has 2 fully saturated rings. The molecule has 1 aliphatic heterocycles. The minimum absolute atomic E-state index is 0.0577. The maximum atomic E-state index is 13.0. The van der Waals surface area contributed by atoms with Gasteiger partial charge in [0.25, 0.3) is 15.6 Å². The van der Waals surface area contributed by atoms with Crippen molar-refractivity contribution in [3.63, 3.8) is 0 Å². The van der Waals surface area contributed by atoms with Crippen LogP contribution in [-0.2, 0) is 21.2 Å². The highest BCUT2D eigenvalue weighted by Gasteiger charge is 2.28. The van der Waals surface area contributed by atoms with Crippen LogP contribution >= 0.6 is 0 Å². The Morgan fingerprint density at radius 1 is 1.14 bits per heavy atom. The van der Waals surface area contributed by atoms with Gasteiger partial charge in [-0.05, 0) is 55.7 Å². The molecule has 5 rings (SSSR count). The van der Waals surface area contributed by atoms with Crippen LogP contribution in [0.3, 0.4) is 0 Å². The van der Waals surface area contributed by atoms with E-state index < -0.39 is 10.0 Å². The molecule has 1 saturated carbocycles. The van der Waals surface area contributed by atoms with Crippen molar-refractivity contribution in [2.45, 2.75) is 49.5 Å². The molecule has 9 nitrogen and oxygen atoms in total. The number of amides is 1. The van der Waals surface area contributed by atoms with Crippen LogP contribution in [0.5, 0.6) is 0 Å². The number of nitrogens with one attached hydrogen (secondary N) is 1. The van der Waals surface area contributed by atoms with Crippen LogP contribution in [0, 0.1) is 0 Å². The van der Waals surface area contributed by atoms with Gasteiger partial charge < -0.3 is 10.2 Å². The van der Waals surface area contributed by atoms with Crippen LogP contribution < -0.4 is 10.9 Å². The molecule has 1 N–H and O–H groups in total. The molecule has 0 radical (unpaired) electrons. The number of para-hydroxylation sites is 1. The maximum absolute atomic E-state index is 13.0. The van der Waals surface area contributed by atoms with Gasteiger partial charge in [-0.15, -0.1) is 4.40 Å². The van der Waals surface area contributed by atoms with E-state index in [4.69, 9.17) is 0 Å². The van der Waals surface area contributed by atoms with E-state index in [0.717, 1.165) is 25.8 Å². The largest absolute Gasteiger partial charge is 0.362 e. The molecule has 2 heterocycles. The van der Waals surface area contributed by atoms with Crippen molar-refractivity contribution < 1.29 is 13.2 Å². The number of aromatic nitrogens is 2. The second-order valence-corrected chi connectivity index (χ2v) is 10.6. The van der Waals surface area contributed by atoms with Crippen LogP contribution in [0.2, 0.25) is 0 Å². The fraction of sp³-hybridized carbons (Fsp3) is 0.360. The van der Waals surface area contributed by atoms with Crippen LogP contribution in [0.4, 0.5) is 5.69 Å². The zero-order valence-electron chi connectivity index (χ0n) is 19.5. The van der Waals surface area contributed by atoms with Crippen LogP contribution in [-0.4, -0.2) is 48.2 Å². The van der Waals surface area contributed by atoms with E-state index in [2.05, 4.69) is 14.7 Å². The summed E-state index contributed by atoms with van der Waals surface area (Å²) in [6.07, 6.45) is 3.90. The number of amidine groups is 1. The summed E-state index contributed by atoms with van der Waals surface area (Å²) in [6.45, 7) is 0.796. The molecular formula is C25H27N5O4S. The minimum Gasteiger partial charge on any atom is -0.362 e. The molecular weight excluding hydrogens is 466 g/mol. The molecule has 0 atom stereocenters. The number of anilines is 1. The lowest BCUT2D eigenvalue weighted by Crippen LogP contribution is -2.25. The topological polar surface area (TPSA) is 114 Å². The van der Waals surface area contributed by atoms with Crippen molar-refractivity contribution in [1.82, 2.24) is 14.5 Å². The third kappa shape index (κ3) is 4.97. The number of hydrogen-bond donors (Lipinski definition) is 1. The third-order valence-electron chi connectivity index (χ3n) is 6.36. The summed E-state index contributed by atoms with van der Waals surface area (Å²) in [4.78, 5) is 32.2. The minimum atomic E-state index is -3.80. The number of hydrogen-bond acceptors (Lipinski definition) is 5. The second kappa shape index (κ2) is 9.26. The van der Waals surface area contributed by atoms with E-state index in [-0.39, 0.29) is 28.8 Å².